The molecule has 1 atom stereocenters. The van der Waals surface area contributed by atoms with Crippen molar-refractivity contribution in [3.8, 4) is 11.5 Å². The van der Waals surface area contributed by atoms with Crippen LogP contribution in [0.1, 0.15) is 11.8 Å². The van der Waals surface area contributed by atoms with Crippen molar-refractivity contribution in [3.63, 3.8) is 0 Å². The number of nitrogens with two attached hydrogens (primary N) is 1. The number of ether oxygens (including phenoxy) is 2. The zero-order valence-electron chi connectivity index (χ0n) is 10.5. The first kappa shape index (κ1) is 13.0. The lowest BCUT2D eigenvalue weighted by Gasteiger charge is -2.10. The van der Waals surface area contributed by atoms with E-state index in [-0.39, 0.29) is 17.4 Å². The van der Waals surface area contributed by atoms with Gasteiger partial charge in [0.2, 0.25) is 6.79 Å². The normalized spacial score (nSPS) is 15.2. The zero-order chi connectivity index (χ0) is 14.2. The Morgan fingerprint density at radius 3 is 2.75 bits per heavy atom. The first-order valence-electron chi connectivity index (χ1n) is 5.98. The van der Waals surface area contributed by atoms with Crippen LogP contribution in [0, 0.1) is 0 Å². The molecule has 0 spiro atoms. The van der Waals surface area contributed by atoms with Gasteiger partial charge in [0.05, 0.1) is 23.0 Å². The summed E-state index contributed by atoms with van der Waals surface area (Å²) < 4.78 is 40.1. The fraction of sp³-hybridized carbons (Fsp3) is 0.231. The Morgan fingerprint density at radius 1 is 1.20 bits per heavy atom. The van der Waals surface area contributed by atoms with E-state index in [2.05, 4.69) is 0 Å². The molecule has 0 saturated heterocycles. The minimum atomic E-state index is -3.53. The lowest BCUT2D eigenvalue weighted by molar-refractivity contribution is 0.174. The van der Waals surface area contributed by atoms with Crippen molar-refractivity contribution in [3.05, 3.63) is 42.4 Å². The van der Waals surface area contributed by atoms with Gasteiger partial charge < -0.3 is 19.6 Å². The number of sulfone groups is 1. The number of furan rings is 1. The molecule has 0 amide bonds. The van der Waals surface area contributed by atoms with Crippen molar-refractivity contribution >= 4 is 9.84 Å². The predicted octanol–water partition coefficient (Wildman–Crippen LogP) is 1.48. The fourth-order valence-electron chi connectivity index (χ4n) is 1.99. The van der Waals surface area contributed by atoms with Crippen LogP contribution in [0.15, 0.2) is 45.9 Å². The molecule has 1 aliphatic rings. The van der Waals surface area contributed by atoms with Crippen molar-refractivity contribution < 1.29 is 22.3 Å². The van der Waals surface area contributed by atoms with Crippen LogP contribution in [0.25, 0.3) is 0 Å². The monoisotopic (exact) mass is 295 g/mol. The quantitative estimate of drug-likeness (QED) is 0.918. The van der Waals surface area contributed by atoms with Gasteiger partial charge in [-0.25, -0.2) is 8.42 Å². The molecule has 2 N–H and O–H groups in total. The first-order valence-corrected chi connectivity index (χ1v) is 7.63. The molecule has 3 rings (SSSR count). The highest BCUT2D eigenvalue weighted by atomic mass is 32.2. The van der Waals surface area contributed by atoms with Crippen LogP contribution in [0.5, 0.6) is 11.5 Å². The van der Waals surface area contributed by atoms with Gasteiger partial charge >= 0.3 is 0 Å². The largest absolute Gasteiger partial charge is 0.468 e. The van der Waals surface area contributed by atoms with E-state index in [9.17, 15) is 8.42 Å². The zero-order valence-corrected chi connectivity index (χ0v) is 11.3. The van der Waals surface area contributed by atoms with Crippen LogP contribution < -0.4 is 15.2 Å². The molecule has 0 radical (unpaired) electrons. The van der Waals surface area contributed by atoms with Gasteiger partial charge in [-0.1, -0.05) is 0 Å². The molecule has 1 aromatic carbocycles. The Hall–Kier alpha value is -1.99. The van der Waals surface area contributed by atoms with E-state index in [1.54, 1.807) is 18.2 Å². The second-order valence-electron chi connectivity index (χ2n) is 4.42. The molecule has 0 fully saturated rings. The molecule has 106 valence electrons. The average molecular weight is 295 g/mol. The van der Waals surface area contributed by atoms with Gasteiger partial charge in [-0.3, -0.25) is 0 Å². The predicted molar refractivity (Wildman–Crippen MR) is 70.3 cm³/mol. The highest BCUT2D eigenvalue weighted by Crippen LogP contribution is 2.34. The van der Waals surface area contributed by atoms with Crippen molar-refractivity contribution in [1.82, 2.24) is 0 Å². The SMILES string of the molecule is NC(CS(=O)(=O)c1ccc2c(c1)OCO2)c1ccco1. The number of rotatable bonds is 4. The molecule has 20 heavy (non-hydrogen) atoms. The standard InChI is InChI=1S/C13H13NO5S/c14-10(11-2-1-5-17-11)7-20(15,16)9-3-4-12-13(6-9)19-8-18-12/h1-6,10H,7-8,14H2. The lowest BCUT2D eigenvalue weighted by Crippen LogP contribution is -2.21. The molecule has 0 aliphatic carbocycles. The second-order valence-corrected chi connectivity index (χ2v) is 6.45. The molecule has 2 aromatic rings. The maximum atomic E-state index is 12.3. The van der Waals surface area contributed by atoms with E-state index in [1.165, 1.54) is 18.4 Å². The molecule has 7 heteroatoms. The summed E-state index contributed by atoms with van der Waals surface area (Å²) in [7, 11) is -3.53. The third kappa shape index (κ3) is 2.37. The molecule has 6 nitrogen and oxygen atoms in total. The summed E-state index contributed by atoms with van der Waals surface area (Å²) in [5.74, 6) is 1.17. The van der Waals surface area contributed by atoms with Gasteiger partial charge in [-0.15, -0.1) is 0 Å². The van der Waals surface area contributed by atoms with Gasteiger partial charge in [0.1, 0.15) is 5.76 Å². The summed E-state index contributed by atoms with van der Waals surface area (Å²) in [6.07, 6.45) is 1.46. The van der Waals surface area contributed by atoms with E-state index < -0.39 is 15.9 Å². The van der Waals surface area contributed by atoms with Crippen molar-refractivity contribution in [2.45, 2.75) is 10.9 Å². The minimum absolute atomic E-state index is 0.102. The van der Waals surface area contributed by atoms with Crippen molar-refractivity contribution in [2.24, 2.45) is 5.73 Å². The van der Waals surface area contributed by atoms with Gasteiger partial charge in [0, 0.05) is 6.07 Å². The summed E-state index contributed by atoms with van der Waals surface area (Å²) in [5.41, 5.74) is 5.85. The topological polar surface area (TPSA) is 91.8 Å². The molecule has 2 heterocycles. The first-order chi connectivity index (χ1) is 9.56. The fourth-order valence-corrected chi connectivity index (χ4v) is 3.38. The maximum Gasteiger partial charge on any atom is 0.231 e. The van der Waals surface area contributed by atoms with E-state index in [0.717, 1.165) is 0 Å². The van der Waals surface area contributed by atoms with E-state index in [1.807, 2.05) is 0 Å². The Labute approximate surface area is 116 Å². The van der Waals surface area contributed by atoms with E-state index in [0.29, 0.717) is 17.3 Å². The van der Waals surface area contributed by atoms with Crippen molar-refractivity contribution in [2.75, 3.05) is 12.5 Å². The lowest BCUT2D eigenvalue weighted by atomic mass is 10.3. The number of benzene rings is 1. The molecule has 0 saturated carbocycles. The molecular weight excluding hydrogens is 282 g/mol. The smallest absolute Gasteiger partial charge is 0.231 e. The molecule has 0 bridgehead atoms. The third-order valence-corrected chi connectivity index (χ3v) is 4.78. The Kier molecular flexibility index (Phi) is 3.15. The number of hydrogen-bond donors (Lipinski definition) is 1. The van der Waals surface area contributed by atoms with Gasteiger partial charge in [0.15, 0.2) is 21.3 Å². The molecule has 1 aromatic heterocycles. The number of fused-ring (bicyclic) bond motifs is 1. The highest BCUT2D eigenvalue weighted by molar-refractivity contribution is 7.91. The Bertz CT molecular complexity index is 708. The average Bonchev–Trinajstić information content (AvgIpc) is 3.08. The van der Waals surface area contributed by atoms with Crippen LogP contribution in [0.3, 0.4) is 0 Å². The van der Waals surface area contributed by atoms with Crippen LogP contribution in [0.2, 0.25) is 0 Å². The summed E-state index contributed by atoms with van der Waals surface area (Å²) >= 11 is 0. The van der Waals surface area contributed by atoms with E-state index >= 15 is 0 Å². The van der Waals surface area contributed by atoms with Crippen LogP contribution in [-0.2, 0) is 9.84 Å². The molecule has 1 aliphatic heterocycles. The van der Waals surface area contributed by atoms with Crippen LogP contribution in [0.4, 0.5) is 0 Å². The van der Waals surface area contributed by atoms with Gasteiger partial charge in [0.25, 0.3) is 0 Å². The molecule has 1 unspecified atom stereocenters. The Balaban J connectivity index is 1.85. The van der Waals surface area contributed by atoms with Crippen LogP contribution in [-0.4, -0.2) is 21.0 Å². The third-order valence-electron chi connectivity index (χ3n) is 3.01. The summed E-state index contributed by atoms with van der Waals surface area (Å²) in [6, 6.07) is 7.13. The second kappa shape index (κ2) is 4.84. The van der Waals surface area contributed by atoms with E-state index in [4.69, 9.17) is 19.6 Å². The maximum absolute atomic E-state index is 12.3. The Morgan fingerprint density at radius 2 is 2.00 bits per heavy atom. The van der Waals surface area contributed by atoms with Crippen LogP contribution >= 0.6 is 0 Å². The highest BCUT2D eigenvalue weighted by Gasteiger charge is 2.24. The van der Waals surface area contributed by atoms with Gasteiger partial charge in [-0.2, -0.15) is 0 Å². The summed E-state index contributed by atoms with van der Waals surface area (Å²) in [6.45, 7) is 0.102. The van der Waals surface area contributed by atoms with Gasteiger partial charge in [-0.05, 0) is 24.3 Å². The summed E-state index contributed by atoms with van der Waals surface area (Å²) in [4.78, 5) is 0.156. The van der Waals surface area contributed by atoms with Crippen molar-refractivity contribution in [1.29, 1.82) is 0 Å². The number of hydrogen-bond acceptors (Lipinski definition) is 6. The molecular formula is C13H13NO5S. The summed E-state index contributed by atoms with van der Waals surface area (Å²) in [5, 5.41) is 0. The minimum Gasteiger partial charge on any atom is -0.468 e.